The summed E-state index contributed by atoms with van der Waals surface area (Å²) in [6.45, 7) is 4.05. The number of hydrogen-bond donors (Lipinski definition) is 1. The molecule has 1 N–H and O–H groups in total. The number of benzodiazepines with no additional fused rings is 1. The third-order valence-electron chi connectivity index (χ3n) is 4.93. The molecule has 1 unspecified atom stereocenters. The molecule has 0 spiro atoms. The average Bonchev–Trinajstić information content (AvgIpc) is 2.85. The lowest BCUT2D eigenvalue weighted by molar-refractivity contribution is -0.158. The van der Waals surface area contributed by atoms with Crippen LogP contribution in [-0.4, -0.2) is 23.8 Å². The second-order valence-electron chi connectivity index (χ2n) is 7.20. The van der Waals surface area contributed by atoms with Crippen molar-refractivity contribution in [2.24, 2.45) is 10.9 Å². The molecule has 0 saturated heterocycles. The number of anilines is 1. The van der Waals surface area contributed by atoms with Gasteiger partial charge in [0.25, 0.3) is 12.1 Å². The molecule has 1 aliphatic heterocycles. The van der Waals surface area contributed by atoms with E-state index >= 15 is 0 Å². The maximum absolute atomic E-state index is 12.9. The van der Waals surface area contributed by atoms with Crippen LogP contribution in [-0.2, 0) is 14.3 Å². The summed E-state index contributed by atoms with van der Waals surface area (Å²) in [5.41, 5.74) is 2.44. The van der Waals surface area contributed by atoms with Crippen molar-refractivity contribution in [3.8, 4) is 0 Å². The van der Waals surface area contributed by atoms with Crippen molar-refractivity contribution in [1.29, 1.82) is 0 Å². The minimum atomic E-state index is -1.29. The fourth-order valence-electron chi connectivity index (χ4n) is 3.49. The summed E-state index contributed by atoms with van der Waals surface area (Å²) >= 11 is 9.91. The molecule has 0 saturated carbocycles. The quantitative estimate of drug-likeness (QED) is 0.485. The Morgan fingerprint density at radius 3 is 2.53 bits per heavy atom. The largest absolute Gasteiger partial charge is 0.430 e. The summed E-state index contributed by atoms with van der Waals surface area (Å²) in [5, 5.41) is 3.33. The summed E-state index contributed by atoms with van der Waals surface area (Å²) in [4.78, 5) is 30.2. The molecule has 2 aromatic rings. The lowest BCUT2D eigenvalue weighted by Crippen LogP contribution is -2.33. The molecule has 30 heavy (non-hydrogen) atoms. The molecular formula is C23H24BrClN2O3. The maximum atomic E-state index is 12.9. The van der Waals surface area contributed by atoms with Crippen molar-refractivity contribution in [2.75, 3.05) is 5.32 Å². The van der Waals surface area contributed by atoms with Gasteiger partial charge in [0.15, 0.2) is 0 Å². The van der Waals surface area contributed by atoms with Crippen LogP contribution in [0.1, 0.15) is 50.7 Å². The van der Waals surface area contributed by atoms with Gasteiger partial charge >= 0.3 is 5.97 Å². The molecule has 158 valence electrons. The fourth-order valence-corrected chi connectivity index (χ4v) is 4.08. The second kappa shape index (κ2) is 10.2. The van der Waals surface area contributed by atoms with E-state index in [9.17, 15) is 9.59 Å². The molecule has 1 atom stereocenters. The van der Waals surface area contributed by atoms with Crippen LogP contribution in [0.5, 0.6) is 0 Å². The van der Waals surface area contributed by atoms with Crippen LogP contribution in [0.4, 0.5) is 5.69 Å². The normalized spacial score (nSPS) is 15.8. The van der Waals surface area contributed by atoms with E-state index in [0.29, 0.717) is 27.5 Å². The van der Waals surface area contributed by atoms with E-state index in [0.717, 1.165) is 30.2 Å². The van der Waals surface area contributed by atoms with E-state index in [4.69, 9.17) is 16.3 Å². The SMILES string of the molecule is CCCC(CCC)C(=O)OC1N=C(c2ccccc2Cl)c2cc(Br)ccc2NC1=O. The summed E-state index contributed by atoms with van der Waals surface area (Å²) < 4.78 is 6.44. The van der Waals surface area contributed by atoms with Gasteiger partial charge in [-0.05, 0) is 37.1 Å². The van der Waals surface area contributed by atoms with Gasteiger partial charge in [0.1, 0.15) is 0 Å². The van der Waals surface area contributed by atoms with Crippen molar-refractivity contribution < 1.29 is 14.3 Å². The molecular weight excluding hydrogens is 468 g/mol. The predicted molar refractivity (Wildman–Crippen MR) is 123 cm³/mol. The minimum Gasteiger partial charge on any atom is -0.430 e. The summed E-state index contributed by atoms with van der Waals surface area (Å²) in [7, 11) is 0. The van der Waals surface area contributed by atoms with Crippen molar-refractivity contribution in [3.05, 3.63) is 63.1 Å². The molecule has 0 fully saturated rings. The number of carbonyl (C=O) groups is 2. The third kappa shape index (κ3) is 5.10. The molecule has 0 radical (unpaired) electrons. The van der Waals surface area contributed by atoms with Gasteiger partial charge in [-0.1, -0.05) is 72.4 Å². The van der Waals surface area contributed by atoms with E-state index in [1.807, 2.05) is 44.2 Å². The van der Waals surface area contributed by atoms with Crippen molar-refractivity contribution >= 4 is 50.8 Å². The number of esters is 1. The van der Waals surface area contributed by atoms with E-state index in [1.165, 1.54) is 0 Å². The van der Waals surface area contributed by atoms with Gasteiger partial charge < -0.3 is 10.1 Å². The number of nitrogens with one attached hydrogen (secondary N) is 1. The van der Waals surface area contributed by atoms with Crippen LogP contribution in [0.25, 0.3) is 0 Å². The number of hydrogen-bond acceptors (Lipinski definition) is 4. The molecule has 2 aromatic carbocycles. The number of amides is 1. The molecule has 1 amide bonds. The zero-order valence-corrected chi connectivity index (χ0v) is 19.3. The highest BCUT2D eigenvalue weighted by atomic mass is 79.9. The van der Waals surface area contributed by atoms with Crippen LogP contribution in [0.15, 0.2) is 51.9 Å². The zero-order valence-electron chi connectivity index (χ0n) is 17.0. The highest BCUT2D eigenvalue weighted by molar-refractivity contribution is 9.10. The molecule has 0 aromatic heterocycles. The van der Waals surface area contributed by atoms with Crippen LogP contribution >= 0.6 is 27.5 Å². The summed E-state index contributed by atoms with van der Waals surface area (Å²) in [6.07, 6.45) is 1.88. The standard InChI is InChI=1S/C23H24BrClN2O3/c1-3-7-14(8-4-2)23(29)30-22-21(28)26-19-12-11-15(24)13-17(19)20(27-22)16-9-5-6-10-18(16)25/h5-6,9-14,22H,3-4,7-8H2,1-2H3,(H,26,28). The van der Waals surface area contributed by atoms with E-state index in [2.05, 4.69) is 26.2 Å². The Morgan fingerprint density at radius 2 is 1.87 bits per heavy atom. The van der Waals surface area contributed by atoms with Crippen LogP contribution < -0.4 is 5.32 Å². The summed E-state index contributed by atoms with van der Waals surface area (Å²) in [6, 6.07) is 12.7. The lowest BCUT2D eigenvalue weighted by atomic mass is 9.99. The highest BCUT2D eigenvalue weighted by Crippen LogP contribution is 2.30. The van der Waals surface area contributed by atoms with E-state index in [1.54, 1.807) is 12.1 Å². The monoisotopic (exact) mass is 490 g/mol. The number of benzene rings is 2. The Labute approximate surface area is 190 Å². The average molecular weight is 492 g/mol. The number of halogens is 2. The van der Waals surface area contributed by atoms with Crippen LogP contribution in [0.2, 0.25) is 5.02 Å². The minimum absolute atomic E-state index is 0.244. The first-order chi connectivity index (χ1) is 14.4. The van der Waals surface area contributed by atoms with Crippen molar-refractivity contribution in [3.63, 3.8) is 0 Å². The van der Waals surface area contributed by atoms with Crippen molar-refractivity contribution in [2.45, 2.75) is 45.8 Å². The molecule has 0 aliphatic carbocycles. The number of nitrogens with zero attached hydrogens (tertiary/aromatic N) is 1. The van der Waals surface area contributed by atoms with Gasteiger partial charge in [0.05, 0.1) is 17.3 Å². The lowest BCUT2D eigenvalue weighted by Gasteiger charge is -2.18. The number of ether oxygens (including phenoxy) is 1. The van der Waals surface area contributed by atoms with Crippen LogP contribution in [0, 0.1) is 5.92 Å². The Kier molecular flexibility index (Phi) is 7.67. The Hall–Kier alpha value is -2.18. The number of aliphatic imine (C=N–C) groups is 1. The molecule has 5 nitrogen and oxygen atoms in total. The third-order valence-corrected chi connectivity index (χ3v) is 5.75. The number of rotatable bonds is 7. The van der Waals surface area contributed by atoms with Gasteiger partial charge in [-0.15, -0.1) is 0 Å². The van der Waals surface area contributed by atoms with Crippen molar-refractivity contribution in [1.82, 2.24) is 0 Å². The first kappa shape index (κ1) is 22.5. The Balaban J connectivity index is 2.04. The van der Waals surface area contributed by atoms with Gasteiger partial charge in [0.2, 0.25) is 0 Å². The first-order valence-electron chi connectivity index (χ1n) is 10.1. The highest BCUT2D eigenvalue weighted by Gasteiger charge is 2.31. The molecule has 1 aliphatic rings. The van der Waals surface area contributed by atoms with Crippen LogP contribution in [0.3, 0.4) is 0 Å². The van der Waals surface area contributed by atoms with E-state index in [-0.39, 0.29) is 5.92 Å². The molecule has 7 heteroatoms. The van der Waals surface area contributed by atoms with E-state index < -0.39 is 18.1 Å². The topological polar surface area (TPSA) is 67.8 Å². The maximum Gasteiger partial charge on any atom is 0.311 e. The number of carbonyl (C=O) groups excluding carboxylic acids is 2. The summed E-state index contributed by atoms with van der Waals surface area (Å²) in [5.74, 6) is -1.12. The first-order valence-corrected chi connectivity index (χ1v) is 11.3. The molecule has 0 bridgehead atoms. The zero-order chi connectivity index (χ0) is 21.7. The van der Waals surface area contributed by atoms with Gasteiger partial charge in [-0.2, -0.15) is 0 Å². The Bertz CT molecular complexity index is 971. The van der Waals surface area contributed by atoms with Gasteiger partial charge in [-0.3, -0.25) is 9.59 Å². The fraction of sp³-hybridized carbons (Fsp3) is 0.348. The van der Waals surface area contributed by atoms with Gasteiger partial charge in [-0.25, -0.2) is 4.99 Å². The second-order valence-corrected chi connectivity index (χ2v) is 8.52. The number of fused-ring (bicyclic) bond motifs is 1. The molecule has 1 heterocycles. The van der Waals surface area contributed by atoms with Gasteiger partial charge in [0, 0.05) is 20.6 Å². The molecule has 3 rings (SSSR count). The predicted octanol–water partition coefficient (Wildman–Crippen LogP) is 5.98. The Morgan fingerprint density at radius 1 is 1.17 bits per heavy atom. The smallest absolute Gasteiger partial charge is 0.311 e.